The van der Waals surface area contributed by atoms with Gasteiger partial charge in [-0.25, -0.2) is 9.18 Å². The molecule has 0 aliphatic heterocycles. The zero-order chi connectivity index (χ0) is 30.8. The predicted octanol–water partition coefficient (Wildman–Crippen LogP) is 6.62. The van der Waals surface area contributed by atoms with Gasteiger partial charge in [0, 0.05) is 29.7 Å². The van der Waals surface area contributed by atoms with Crippen molar-refractivity contribution in [3.8, 4) is 5.75 Å². The highest BCUT2D eigenvalue weighted by Gasteiger charge is 2.22. The van der Waals surface area contributed by atoms with Crippen LogP contribution in [0.4, 0.5) is 15.8 Å². The van der Waals surface area contributed by atoms with Crippen LogP contribution in [-0.2, 0) is 16.0 Å². The topological polar surface area (TPSA) is 95.9 Å². The normalized spacial score (nSPS) is 11.5. The van der Waals surface area contributed by atoms with Crippen LogP contribution in [0.2, 0.25) is 0 Å². The molecule has 4 rings (SSSR count). The molecule has 43 heavy (non-hydrogen) atoms. The van der Waals surface area contributed by atoms with Crippen LogP contribution in [0, 0.1) is 11.7 Å². The number of hydrogen-bond donors (Lipinski definition) is 2. The molecule has 4 aromatic rings. The molecule has 0 saturated carbocycles. The molecule has 4 aromatic carbocycles. The van der Waals surface area contributed by atoms with Crippen LogP contribution in [0.1, 0.15) is 41.8 Å². The van der Waals surface area contributed by atoms with E-state index in [1.807, 2.05) is 19.9 Å². The number of nitrogens with zero attached hydrogens (tertiary/aromatic N) is 1. The molecule has 0 radical (unpaired) electrons. The number of anilines is 2. The molecular formula is C35H35FN2O5. The van der Waals surface area contributed by atoms with Gasteiger partial charge >= 0.3 is 5.97 Å². The van der Waals surface area contributed by atoms with Gasteiger partial charge in [-0.05, 0) is 47.9 Å². The van der Waals surface area contributed by atoms with E-state index in [-0.39, 0.29) is 49.3 Å². The number of para-hydroxylation sites is 2. The molecule has 0 fully saturated rings. The van der Waals surface area contributed by atoms with Gasteiger partial charge in [-0.2, -0.15) is 0 Å². The summed E-state index contributed by atoms with van der Waals surface area (Å²) in [6, 6.07) is 27.9. The first-order valence-electron chi connectivity index (χ1n) is 14.2. The highest BCUT2D eigenvalue weighted by Crippen LogP contribution is 2.23. The summed E-state index contributed by atoms with van der Waals surface area (Å²) in [5.41, 5.74) is 2.31. The molecule has 8 heteroatoms. The highest BCUT2D eigenvalue weighted by molar-refractivity contribution is 6.12. The van der Waals surface area contributed by atoms with E-state index in [0.717, 1.165) is 5.56 Å². The second-order valence-corrected chi connectivity index (χ2v) is 10.6. The molecule has 0 spiro atoms. The lowest BCUT2D eigenvalue weighted by atomic mass is 10.00. The van der Waals surface area contributed by atoms with Gasteiger partial charge in [-0.15, -0.1) is 0 Å². The molecule has 1 atom stereocenters. The molecule has 1 amide bonds. The average Bonchev–Trinajstić information content (AvgIpc) is 3.00. The number of nitrogens with one attached hydrogen (secondary N) is 1. The van der Waals surface area contributed by atoms with Gasteiger partial charge in [-0.1, -0.05) is 80.6 Å². The lowest BCUT2D eigenvalue weighted by Gasteiger charge is -2.24. The summed E-state index contributed by atoms with van der Waals surface area (Å²) in [6.07, 6.45) is 0.445. The largest absolute Gasteiger partial charge is 0.492 e. The van der Waals surface area contributed by atoms with Crippen molar-refractivity contribution in [2.45, 2.75) is 32.7 Å². The van der Waals surface area contributed by atoms with Gasteiger partial charge in [0.05, 0.1) is 12.2 Å². The quantitative estimate of drug-likeness (QED) is 0.162. The van der Waals surface area contributed by atoms with Gasteiger partial charge in [0.2, 0.25) is 5.91 Å². The van der Waals surface area contributed by atoms with Crippen LogP contribution in [0.5, 0.6) is 5.75 Å². The molecule has 222 valence electrons. The van der Waals surface area contributed by atoms with Crippen LogP contribution in [-0.4, -0.2) is 42.0 Å². The Kier molecular flexibility index (Phi) is 10.6. The number of amides is 1. The summed E-state index contributed by atoms with van der Waals surface area (Å²) in [6.45, 7) is 4.18. The van der Waals surface area contributed by atoms with Gasteiger partial charge in [0.15, 0.2) is 5.78 Å². The summed E-state index contributed by atoms with van der Waals surface area (Å²) in [4.78, 5) is 39.5. The van der Waals surface area contributed by atoms with Crippen LogP contribution >= 0.6 is 0 Å². The number of carbonyl (C=O) groups excluding carboxylic acids is 2. The average molecular weight is 583 g/mol. The maximum absolute atomic E-state index is 14.5. The highest BCUT2D eigenvalue weighted by atomic mass is 19.1. The summed E-state index contributed by atoms with van der Waals surface area (Å²) >= 11 is 0. The molecule has 7 nitrogen and oxygen atoms in total. The van der Waals surface area contributed by atoms with Crippen LogP contribution in [0.15, 0.2) is 103 Å². The Balaban J connectivity index is 1.40. The molecule has 0 unspecified atom stereocenters. The standard InChI is InChI=1S/C35H35FN2O5/c1-24(2)22-33(39)38(32-15-9-7-13-29(32)36)20-21-43-27-18-16-25(17-19-27)23-31(35(41)42)37-30-14-8-6-12-28(30)34(40)26-10-4-3-5-11-26/h3-19,24,31,37H,20-23H2,1-2H3,(H,41,42)/t31-/m0/s1. The number of hydrogen-bond acceptors (Lipinski definition) is 5. The first-order chi connectivity index (χ1) is 20.7. The molecule has 0 heterocycles. The van der Waals surface area contributed by atoms with Crippen molar-refractivity contribution >= 4 is 29.0 Å². The SMILES string of the molecule is CC(C)CC(=O)N(CCOc1ccc(C[C@H](Nc2ccccc2C(=O)c2ccccc2)C(=O)O)cc1)c1ccccc1F. The molecule has 0 aromatic heterocycles. The first kappa shape index (κ1) is 31.0. The van der Waals surface area contributed by atoms with E-state index < -0.39 is 17.8 Å². The fourth-order valence-electron chi connectivity index (χ4n) is 4.66. The van der Waals surface area contributed by atoms with E-state index in [4.69, 9.17) is 4.74 Å². The number of ketones is 1. The monoisotopic (exact) mass is 582 g/mol. The number of aliphatic carboxylic acids is 1. The van der Waals surface area contributed by atoms with E-state index in [9.17, 15) is 23.9 Å². The number of carboxylic acid groups (broad SMARTS) is 1. The Labute approximate surface area is 250 Å². The van der Waals surface area contributed by atoms with Crippen LogP contribution < -0.4 is 15.0 Å². The van der Waals surface area contributed by atoms with Crippen LogP contribution in [0.25, 0.3) is 0 Å². The number of benzene rings is 4. The van der Waals surface area contributed by atoms with Crippen LogP contribution in [0.3, 0.4) is 0 Å². The number of ether oxygens (including phenoxy) is 1. The first-order valence-corrected chi connectivity index (χ1v) is 14.2. The second-order valence-electron chi connectivity index (χ2n) is 10.6. The zero-order valence-corrected chi connectivity index (χ0v) is 24.2. The van der Waals surface area contributed by atoms with Gasteiger partial charge in [-0.3, -0.25) is 9.59 Å². The molecular weight excluding hydrogens is 547 g/mol. The van der Waals surface area contributed by atoms with Crippen molar-refractivity contribution in [2.75, 3.05) is 23.4 Å². The van der Waals surface area contributed by atoms with E-state index in [0.29, 0.717) is 22.6 Å². The van der Waals surface area contributed by atoms with Crippen molar-refractivity contribution in [1.29, 1.82) is 0 Å². The number of carbonyl (C=O) groups is 3. The lowest BCUT2D eigenvalue weighted by Crippen LogP contribution is -2.36. The smallest absolute Gasteiger partial charge is 0.326 e. The Bertz CT molecular complexity index is 1540. The predicted molar refractivity (Wildman–Crippen MR) is 165 cm³/mol. The molecule has 0 saturated heterocycles. The van der Waals surface area contributed by atoms with Crippen molar-refractivity contribution in [3.05, 3.63) is 126 Å². The van der Waals surface area contributed by atoms with Gasteiger partial charge in [0.25, 0.3) is 0 Å². The molecule has 0 aliphatic rings. The van der Waals surface area contributed by atoms with E-state index in [1.165, 1.54) is 11.0 Å². The van der Waals surface area contributed by atoms with Crippen molar-refractivity contribution < 1.29 is 28.6 Å². The Morgan fingerprint density at radius 2 is 1.51 bits per heavy atom. The van der Waals surface area contributed by atoms with Crippen molar-refractivity contribution in [1.82, 2.24) is 0 Å². The molecule has 0 aliphatic carbocycles. The number of rotatable bonds is 14. The minimum absolute atomic E-state index is 0.122. The maximum Gasteiger partial charge on any atom is 0.326 e. The molecule has 0 bridgehead atoms. The fourth-order valence-corrected chi connectivity index (χ4v) is 4.66. The van der Waals surface area contributed by atoms with E-state index >= 15 is 0 Å². The fraction of sp³-hybridized carbons (Fsp3) is 0.229. The third-order valence-corrected chi connectivity index (χ3v) is 6.81. The summed E-state index contributed by atoms with van der Waals surface area (Å²) < 4.78 is 20.3. The Hall–Kier alpha value is -4.98. The number of halogens is 1. The lowest BCUT2D eigenvalue weighted by molar-refractivity contribution is -0.137. The maximum atomic E-state index is 14.5. The van der Waals surface area contributed by atoms with E-state index in [1.54, 1.807) is 91.0 Å². The number of carboxylic acids is 1. The Morgan fingerprint density at radius 3 is 2.19 bits per heavy atom. The molecule has 2 N–H and O–H groups in total. The van der Waals surface area contributed by atoms with Crippen molar-refractivity contribution in [2.24, 2.45) is 5.92 Å². The zero-order valence-electron chi connectivity index (χ0n) is 24.2. The van der Waals surface area contributed by atoms with E-state index in [2.05, 4.69) is 5.32 Å². The third kappa shape index (κ3) is 8.52. The summed E-state index contributed by atoms with van der Waals surface area (Å²) in [7, 11) is 0. The third-order valence-electron chi connectivity index (χ3n) is 6.81. The van der Waals surface area contributed by atoms with Crippen molar-refractivity contribution in [3.63, 3.8) is 0 Å². The minimum atomic E-state index is -1.05. The van der Waals surface area contributed by atoms with Gasteiger partial charge in [0.1, 0.15) is 24.2 Å². The summed E-state index contributed by atoms with van der Waals surface area (Å²) in [5.74, 6) is -1.25. The second kappa shape index (κ2) is 14.8. The Morgan fingerprint density at radius 1 is 0.860 bits per heavy atom. The van der Waals surface area contributed by atoms with Gasteiger partial charge < -0.3 is 20.1 Å². The minimum Gasteiger partial charge on any atom is -0.492 e. The summed E-state index contributed by atoms with van der Waals surface area (Å²) in [5, 5.41) is 13.0.